The van der Waals surface area contributed by atoms with Crippen molar-refractivity contribution in [3.8, 4) is 5.75 Å². The molecule has 1 amide bonds. The number of aromatic nitrogens is 2. The minimum absolute atomic E-state index is 0.00233. The molecule has 1 aromatic carbocycles. The summed E-state index contributed by atoms with van der Waals surface area (Å²) in [5.41, 5.74) is 6.66. The number of aliphatic hydroxyl groups is 1. The van der Waals surface area contributed by atoms with E-state index in [0.29, 0.717) is 25.3 Å². The Labute approximate surface area is 152 Å². The van der Waals surface area contributed by atoms with Gasteiger partial charge in [-0.2, -0.15) is 0 Å². The van der Waals surface area contributed by atoms with Gasteiger partial charge in [0, 0.05) is 31.1 Å². The molecule has 0 saturated carbocycles. The lowest BCUT2D eigenvalue weighted by molar-refractivity contribution is 0.0997. The normalized spacial score (nSPS) is 12.0. The van der Waals surface area contributed by atoms with Gasteiger partial charge in [0.15, 0.2) is 0 Å². The Balaban J connectivity index is 1.59. The van der Waals surface area contributed by atoms with Gasteiger partial charge in [-0.05, 0) is 37.1 Å². The zero-order valence-electron chi connectivity index (χ0n) is 14.5. The smallest absolute Gasteiger partial charge is 0.252 e. The molecular weight excluding hydrogens is 336 g/mol. The highest BCUT2D eigenvalue weighted by Gasteiger charge is 2.13. The number of carbonyl (C=O) groups is 1. The maximum Gasteiger partial charge on any atom is 0.252 e. The summed E-state index contributed by atoms with van der Waals surface area (Å²) in [6.07, 6.45) is 5.94. The number of hydrogen-bond acceptors (Lipinski definition) is 7. The number of carbonyl (C=O) groups excluding carboxylic acids is 1. The third kappa shape index (κ3) is 6.40. The van der Waals surface area contributed by atoms with Crippen LogP contribution in [-0.2, 0) is 11.3 Å². The molecule has 2 aromatic rings. The summed E-state index contributed by atoms with van der Waals surface area (Å²) in [6.45, 7) is 2.20. The second-order valence-electron chi connectivity index (χ2n) is 5.87. The maximum absolute atomic E-state index is 11.2. The van der Waals surface area contributed by atoms with E-state index in [1.807, 2.05) is 0 Å². The minimum Gasteiger partial charge on any atom is -0.507 e. The number of aliphatic hydroxyl groups excluding tert-OH is 1. The molecule has 0 fully saturated rings. The highest BCUT2D eigenvalue weighted by atomic mass is 16.5. The fourth-order valence-corrected chi connectivity index (χ4v) is 2.36. The van der Waals surface area contributed by atoms with E-state index in [2.05, 4.69) is 15.3 Å². The van der Waals surface area contributed by atoms with Crippen molar-refractivity contribution in [1.29, 1.82) is 0 Å². The van der Waals surface area contributed by atoms with Crippen LogP contribution in [0, 0.1) is 0 Å². The van der Waals surface area contributed by atoms with Gasteiger partial charge in [0.25, 0.3) is 5.91 Å². The molecule has 26 heavy (non-hydrogen) atoms. The van der Waals surface area contributed by atoms with Crippen LogP contribution in [0.25, 0.3) is 0 Å². The van der Waals surface area contributed by atoms with Gasteiger partial charge < -0.3 is 26.0 Å². The lowest BCUT2D eigenvalue weighted by Gasteiger charge is -2.13. The molecule has 8 heteroatoms. The van der Waals surface area contributed by atoms with Crippen LogP contribution in [0.3, 0.4) is 0 Å². The Morgan fingerprint density at radius 3 is 2.77 bits per heavy atom. The standard InChI is InChI=1S/C18H24N4O4/c19-18(25)15-7-14(3-4-16(15)23)17(24)10-20-5-1-2-6-26-11-13-8-21-12-22-9-13/h3-4,7-9,12,17,20,23-24H,1-2,5-6,10-11H2,(H2,19,25). The summed E-state index contributed by atoms with van der Waals surface area (Å²) in [5.74, 6) is -0.921. The topological polar surface area (TPSA) is 131 Å². The van der Waals surface area contributed by atoms with Crippen LogP contribution in [0.4, 0.5) is 0 Å². The summed E-state index contributed by atoms with van der Waals surface area (Å²) >= 11 is 0. The molecule has 5 N–H and O–H groups in total. The summed E-state index contributed by atoms with van der Waals surface area (Å²) in [4.78, 5) is 19.1. The molecule has 0 saturated heterocycles. The number of nitrogens with zero attached hydrogens (tertiary/aromatic N) is 2. The number of phenols is 1. The zero-order chi connectivity index (χ0) is 18.8. The Morgan fingerprint density at radius 1 is 1.27 bits per heavy atom. The zero-order valence-corrected chi connectivity index (χ0v) is 14.5. The molecule has 2 rings (SSSR count). The summed E-state index contributed by atoms with van der Waals surface area (Å²) < 4.78 is 5.54. The van der Waals surface area contributed by atoms with Crippen molar-refractivity contribution in [3.63, 3.8) is 0 Å². The van der Waals surface area contributed by atoms with Crippen molar-refractivity contribution in [2.45, 2.75) is 25.6 Å². The summed E-state index contributed by atoms with van der Waals surface area (Å²) in [5, 5.41) is 22.9. The second kappa shape index (κ2) is 10.4. The number of nitrogens with two attached hydrogens (primary N) is 1. The average Bonchev–Trinajstić information content (AvgIpc) is 2.64. The van der Waals surface area contributed by atoms with Crippen molar-refractivity contribution in [1.82, 2.24) is 15.3 Å². The molecule has 1 aromatic heterocycles. The van der Waals surface area contributed by atoms with E-state index >= 15 is 0 Å². The predicted octanol–water partition coefficient (Wildman–Crippen LogP) is 0.901. The van der Waals surface area contributed by atoms with Crippen LogP contribution in [-0.4, -0.2) is 45.8 Å². The maximum atomic E-state index is 11.2. The van der Waals surface area contributed by atoms with Crippen LogP contribution in [0.15, 0.2) is 36.9 Å². The molecule has 0 radical (unpaired) electrons. The lowest BCUT2D eigenvalue weighted by atomic mass is 10.0. The van der Waals surface area contributed by atoms with Crippen molar-refractivity contribution in [3.05, 3.63) is 53.6 Å². The predicted molar refractivity (Wildman–Crippen MR) is 95.4 cm³/mol. The molecule has 1 heterocycles. The third-order valence-corrected chi connectivity index (χ3v) is 3.78. The molecule has 1 atom stereocenters. The van der Waals surface area contributed by atoms with E-state index in [-0.39, 0.29) is 11.3 Å². The number of ether oxygens (including phenoxy) is 1. The number of amides is 1. The number of primary amides is 1. The molecule has 0 aliphatic carbocycles. The summed E-state index contributed by atoms with van der Waals surface area (Å²) in [7, 11) is 0. The summed E-state index contributed by atoms with van der Waals surface area (Å²) in [6, 6.07) is 4.33. The van der Waals surface area contributed by atoms with Gasteiger partial charge in [-0.15, -0.1) is 0 Å². The highest BCUT2D eigenvalue weighted by molar-refractivity contribution is 5.95. The molecule has 140 valence electrons. The van der Waals surface area contributed by atoms with Crippen LogP contribution in [0.5, 0.6) is 5.75 Å². The van der Waals surface area contributed by atoms with E-state index in [9.17, 15) is 15.0 Å². The Kier molecular flexibility index (Phi) is 7.94. The van der Waals surface area contributed by atoms with Crippen LogP contribution in [0.2, 0.25) is 0 Å². The van der Waals surface area contributed by atoms with Crippen molar-refractivity contribution in [2.75, 3.05) is 19.7 Å². The first-order valence-corrected chi connectivity index (χ1v) is 8.41. The van der Waals surface area contributed by atoms with E-state index in [1.165, 1.54) is 18.5 Å². The van der Waals surface area contributed by atoms with Gasteiger partial charge in [-0.1, -0.05) is 6.07 Å². The fourth-order valence-electron chi connectivity index (χ4n) is 2.36. The van der Waals surface area contributed by atoms with Gasteiger partial charge in [0.2, 0.25) is 0 Å². The first-order chi connectivity index (χ1) is 12.6. The Hall–Kier alpha value is -2.55. The second-order valence-corrected chi connectivity index (χ2v) is 5.87. The average molecular weight is 360 g/mol. The molecule has 0 bridgehead atoms. The van der Waals surface area contributed by atoms with Crippen LogP contribution >= 0.6 is 0 Å². The van der Waals surface area contributed by atoms with Gasteiger partial charge in [0.05, 0.1) is 18.3 Å². The molecule has 8 nitrogen and oxygen atoms in total. The number of benzene rings is 1. The third-order valence-electron chi connectivity index (χ3n) is 3.78. The van der Waals surface area contributed by atoms with Crippen LogP contribution < -0.4 is 11.1 Å². The number of hydrogen-bond donors (Lipinski definition) is 4. The molecule has 1 unspecified atom stereocenters. The quantitative estimate of drug-likeness (QED) is 0.438. The van der Waals surface area contributed by atoms with Crippen molar-refractivity contribution >= 4 is 5.91 Å². The van der Waals surface area contributed by atoms with Crippen LogP contribution in [0.1, 0.15) is 40.4 Å². The number of aromatic hydroxyl groups is 1. The SMILES string of the molecule is NC(=O)c1cc(C(O)CNCCCCOCc2cncnc2)ccc1O. The van der Waals surface area contributed by atoms with Gasteiger partial charge in [-0.3, -0.25) is 4.79 Å². The van der Waals surface area contributed by atoms with E-state index in [1.54, 1.807) is 18.5 Å². The Morgan fingerprint density at radius 2 is 2.04 bits per heavy atom. The lowest BCUT2D eigenvalue weighted by Crippen LogP contribution is -2.23. The van der Waals surface area contributed by atoms with Crippen molar-refractivity contribution < 1.29 is 19.7 Å². The van der Waals surface area contributed by atoms with Gasteiger partial charge in [0.1, 0.15) is 12.1 Å². The minimum atomic E-state index is -0.789. The molecule has 0 aliphatic rings. The molecule has 0 spiro atoms. The molecule has 0 aliphatic heterocycles. The van der Waals surface area contributed by atoms with Crippen molar-refractivity contribution in [2.24, 2.45) is 5.73 Å². The van der Waals surface area contributed by atoms with E-state index in [0.717, 1.165) is 24.9 Å². The molecular formula is C18H24N4O4. The fraction of sp³-hybridized carbons (Fsp3) is 0.389. The monoisotopic (exact) mass is 360 g/mol. The van der Waals surface area contributed by atoms with Gasteiger partial charge in [-0.25, -0.2) is 9.97 Å². The highest BCUT2D eigenvalue weighted by Crippen LogP contribution is 2.21. The Bertz CT molecular complexity index is 697. The number of unbranched alkanes of at least 4 members (excludes halogenated alkanes) is 1. The van der Waals surface area contributed by atoms with Gasteiger partial charge >= 0.3 is 0 Å². The first kappa shape index (κ1) is 19.8. The van der Waals surface area contributed by atoms with E-state index < -0.39 is 12.0 Å². The largest absolute Gasteiger partial charge is 0.507 e. The first-order valence-electron chi connectivity index (χ1n) is 8.41. The number of nitrogens with one attached hydrogen (secondary N) is 1. The number of rotatable bonds is 11. The van der Waals surface area contributed by atoms with E-state index in [4.69, 9.17) is 10.5 Å².